The molecule has 10 heteroatoms. The van der Waals surface area contributed by atoms with E-state index >= 15 is 0 Å². The van der Waals surface area contributed by atoms with Crippen LogP contribution >= 0.6 is 8.02 Å². The van der Waals surface area contributed by atoms with E-state index in [1.807, 2.05) is 13.0 Å². The number of carbonyl (C=O) groups is 2. The van der Waals surface area contributed by atoms with Crippen molar-refractivity contribution in [2.75, 3.05) is 23.3 Å². The average molecular weight is 600 g/mol. The SMILES string of the molecule is Cc1cc(S(=O)(=P)NCCC(=O)CCC(C)(C)C)ccc1NC(=O)c1cc(N(CC2CC2)C2CCCCC2)ncn1. The number of aryl methyl sites for hydroxylation is 1. The van der Waals surface area contributed by atoms with E-state index in [0.717, 1.165) is 30.3 Å². The van der Waals surface area contributed by atoms with Gasteiger partial charge >= 0.3 is 0 Å². The van der Waals surface area contributed by atoms with E-state index in [4.69, 9.17) is 0 Å². The minimum atomic E-state index is -2.74. The van der Waals surface area contributed by atoms with Crippen LogP contribution < -0.4 is 14.9 Å². The highest BCUT2D eigenvalue weighted by Gasteiger charge is 2.30. The lowest BCUT2D eigenvalue weighted by molar-refractivity contribution is -0.119. The summed E-state index contributed by atoms with van der Waals surface area (Å²) in [5.41, 5.74) is 1.84. The van der Waals surface area contributed by atoms with E-state index in [1.165, 1.54) is 51.3 Å². The van der Waals surface area contributed by atoms with Gasteiger partial charge in [0.05, 0.1) is 9.30 Å². The standard InChI is InChI=1S/C31H46N5O3PS/c1-22-18-26(41(39,40)34-17-15-25(37)14-16-31(2,3)4)12-13-27(22)35-30(38)28-19-29(33-21-32-28)36(20-23-10-11-23)24-8-6-5-7-9-24/h12-13,18-19,21,23-24,40H,5-11,14-17,20H2,1-4H3,(H,34,39)(H,35,38). The Kier molecular flexibility index (Phi) is 10.6. The monoisotopic (exact) mass is 599 g/mol. The molecule has 2 aliphatic rings. The summed E-state index contributed by atoms with van der Waals surface area (Å²) in [5.74, 6) is 1.41. The molecular weight excluding hydrogens is 553 g/mol. The van der Waals surface area contributed by atoms with Gasteiger partial charge in [-0.3, -0.25) is 9.59 Å². The molecule has 2 saturated carbocycles. The lowest BCUT2D eigenvalue weighted by Gasteiger charge is -2.35. The molecule has 4 rings (SSSR count). The van der Waals surface area contributed by atoms with Gasteiger partial charge in [0.25, 0.3) is 5.91 Å². The molecule has 2 aromatic rings. The van der Waals surface area contributed by atoms with Crippen LogP contribution in [0.15, 0.2) is 35.5 Å². The first-order valence-electron chi connectivity index (χ1n) is 15.0. The van der Waals surface area contributed by atoms with E-state index in [0.29, 0.717) is 41.7 Å². The number of nitrogens with one attached hydrogen (secondary N) is 2. The number of hydrogen-bond acceptors (Lipinski definition) is 6. The summed E-state index contributed by atoms with van der Waals surface area (Å²) in [6, 6.07) is 7.54. The first kappa shape index (κ1) is 31.6. The molecule has 0 saturated heterocycles. The Balaban J connectivity index is 1.37. The summed E-state index contributed by atoms with van der Waals surface area (Å²) in [5, 5.41) is 2.97. The van der Waals surface area contributed by atoms with Crippen molar-refractivity contribution in [3.8, 4) is 0 Å². The van der Waals surface area contributed by atoms with Crippen molar-refractivity contribution in [1.29, 1.82) is 0 Å². The van der Waals surface area contributed by atoms with E-state index in [-0.39, 0.29) is 17.1 Å². The van der Waals surface area contributed by atoms with Crippen molar-refractivity contribution in [3.05, 3.63) is 41.9 Å². The summed E-state index contributed by atoms with van der Waals surface area (Å²) >= 11 is 0. The van der Waals surface area contributed by atoms with E-state index in [9.17, 15) is 13.8 Å². The first-order chi connectivity index (χ1) is 19.4. The van der Waals surface area contributed by atoms with Crippen molar-refractivity contribution >= 4 is 40.5 Å². The van der Waals surface area contributed by atoms with Gasteiger partial charge in [0, 0.05) is 48.6 Å². The normalized spacial score (nSPS) is 17.6. The Morgan fingerprint density at radius 3 is 2.44 bits per heavy atom. The average Bonchev–Trinajstić information content (AvgIpc) is 3.76. The third-order valence-corrected chi connectivity index (χ3v) is 10.7. The third kappa shape index (κ3) is 9.59. The molecule has 2 aliphatic carbocycles. The van der Waals surface area contributed by atoms with Crippen molar-refractivity contribution in [3.63, 3.8) is 0 Å². The molecule has 1 aromatic carbocycles. The van der Waals surface area contributed by atoms with E-state index in [2.05, 4.69) is 53.7 Å². The Morgan fingerprint density at radius 1 is 1.05 bits per heavy atom. The van der Waals surface area contributed by atoms with Gasteiger partial charge in [-0.15, -0.1) is 0 Å². The van der Waals surface area contributed by atoms with Gasteiger partial charge in [-0.1, -0.05) is 40.0 Å². The first-order valence-corrected chi connectivity index (χ1v) is 17.8. The maximum atomic E-state index is 13.3. The number of rotatable bonds is 13. The Morgan fingerprint density at radius 2 is 1.78 bits per heavy atom. The lowest BCUT2D eigenvalue weighted by atomic mass is 9.89. The summed E-state index contributed by atoms with van der Waals surface area (Å²) < 4.78 is 16.3. The maximum Gasteiger partial charge on any atom is 0.274 e. The smallest absolute Gasteiger partial charge is 0.274 e. The number of anilines is 2. The van der Waals surface area contributed by atoms with Crippen LogP contribution in [0.2, 0.25) is 0 Å². The fourth-order valence-corrected chi connectivity index (χ4v) is 7.07. The van der Waals surface area contributed by atoms with Gasteiger partial charge in [0.15, 0.2) is 0 Å². The minimum absolute atomic E-state index is 0.113. The van der Waals surface area contributed by atoms with Crippen molar-refractivity contribution in [1.82, 2.24) is 14.7 Å². The molecule has 0 radical (unpaired) electrons. The molecule has 41 heavy (non-hydrogen) atoms. The second-order valence-electron chi connectivity index (χ2n) is 12.9. The number of hydrogen-bond donors (Lipinski definition) is 2. The highest BCUT2D eigenvalue weighted by Crippen LogP contribution is 2.34. The fraction of sp³-hybridized carbons (Fsp3) is 0.613. The van der Waals surface area contributed by atoms with Crippen LogP contribution in [0, 0.1) is 18.3 Å². The predicted octanol–water partition coefficient (Wildman–Crippen LogP) is 6.58. The van der Waals surface area contributed by atoms with Crippen molar-refractivity contribution in [2.45, 2.75) is 103 Å². The fourth-order valence-electron chi connectivity index (χ4n) is 5.23. The van der Waals surface area contributed by atoms with Crippen LogP contribution in [-0.2, 0) is 14.1 Å². The quantitative estimate of drug-likeness (QED) is 0.252. The largest absolute Gasteiger partial charge is 0.353 e. The van der Waals surface area contributed by atoms with Gasteiger partial charge in [-0.25, -0.2) is 18.9 Å². The van der Waals surface area contributed by atoms with Crippen LogP contribution in [0.1, 0.15) is 101 Å². The zero-order valence-electron chi connectivity index (χ0n) is 25.0. The van der Waals surface area contributed by atoms with E-state index in [1.54, 1.807) is 18.2 Å². The van der Waals surface area contributed by atoms with Crippen molar-refractivity contribution in [2.24, 2.45) is 11.3 Å². The predicted molar refractivity (Wildman–Crippen MR) is 169 cm³/mol. The summed E-state index contributed by atoms with van der Waals surface area (Å²) in [4.78, 5) is 37.3. The molecule has 1 amide bonds. The number of Topliss-reactive ketones (excluding diaryl/α,β-unsaturated/α-hetero) is 1. The Labute approximate surface area is 247 Å². The summed E-state index contributed by atoms with van der Waals surface area (Å²) in [7, 11) is 0.656. The number of ketones is 1. The van der Waals surface area contributed by atoms with E-state index < -0.39 is 9.30 Å². The zero-order valence-corrected chi connectivity index (χ0v) is 26.8. The Hall–Kier alpha value is -2.35. The highest BCUT2D eigenvalue weighted by atomic mass is 32.5. The maximum absolute atomic E-state index is 13.3. The molecule has 2 fully saturated rings. The molecule has 1 unspecified atom stereocenters. The second-order valence-corrected chi connectivity index (χ2v) is 16.5. The number of carbonyl (C=O) groups excluding carboxylic acids is 2. The van der Waals surface area contributed by atoms with Crippen LogP contribution in [0.4, 0.5) is 11.5 Å². The number of aromatic nitrogens is 2. The van der Waals surface area contributed by atoms with Gasteiger partial charge in [0.1, 0.15) is 23.6 Å². The molecule has 1 atom stereocenters. The molecule has 0 aliphatic heterocycles. The minimum Gasteiger partial charge on any atom is -0.353 e. The summed E-state index contributed by atoms with van der Waals surface area (Å²) in [6.07, 6.45) is 11.8. The van der Waals surface area contributed by atoms with Crippen molar-refractivity contribution < 1.29 is 13.8 Å². The van der Waals surface area contributed by atoms with Gasteiger partial charge in [0.2, 0.25) is 0 Å². The lowest BCUT2D eigenvalue weighted by Crippen LogP contribution is -2.39. The number of benzene rings is 1. The van der Waals surface area contributed by atoms with Gasteiger partial charge in [-0.05, 0) is 82.1 Å². The molecule has 2 N–H and O–H groups in total. The highest BCUT2D eigenvalue weighted by molar-refractivity contribution is 8.19. The van der Waals surface area contributed by atoms with Crippen LogP contribution in [0.5, 0.6) is 0 Å². The molecule has 1 aromatic heterocycles. The molecular formula is C31H46N5O3PS. The third-order valence-electron chi connectivity index (χ3n) is 7.99. The van der Waals surface area contributed by atoms with Gasteiger partial charge in [-0.2, -0.15) is 0 Å². The van der Waals surface area contributed by atoms with Crippen LogP contribution in [0.3, 0.4) is 0 Å². The molecule has 0 spiro atoms. The summed E-state index contributed by atoms with van der Waals surface area (Å²) in [6.45, 7) is 9.52. The number of nitrogens with zero attached hydrogens (tertiary/aromatic N) is 3. The zero-order chi connectivity index (χ0) is 29.6. The molecule has 1 heterocycles. The topological polar surface area (TPSA) is 104 Å². The molecule has 8 nitrogen and oxygen atoms in total. The van der Waals surface area contributed by atoms with Gasteiger partial charge < -0.3 is 10.2 Å². The molecule has 224 valence electrons. The van der Waals surface area contributed by atoms with Crippen LogP contribution in [0.25, 0.3) is 0 Å². The molecule has 0 bridgehead atoms. The Bertz CT molecular complexity index is 1330. The van der Waals surface area contributed by atoms with Crippen LogP contribution in [-0.4, -0.2) is 45.0 Å². The number of amides is 1. The second kappa shape index (κ2) is 13.7.